The molecule has 0 aliphatic heterocycles. The van der Waals surface area contributed by atoms with E-state index in [1.165, 1.54) is 64.2 Å². The molecule has 0 aromatic rings. The lowest BCUT2D eigenvalue weighted by Gasteiger charge is -2.20. The minimum atomic E-state index is -4.64. The zero-order valence-corrected chi connectivity index (χ0v) is 39.1. The Labute approximate surface area is 371 Å². The summed E-state index contributed by atoms with van der Waals surface area (Å²) in [4.78, 5) is 33.6. The van der Waals surface area contributed by atoms with Crippen molar-refractivity contribution < 1.29 is 42.7 Å². The van der Waals surface area contributed by atoms with Crippen LogP contribution in [0.1, 0.15) is 181 Å². The number of carboxylic acid groups (broad SMARTS) is 1. The molecule has 0 radical (unpaired) electrons. The highest BCUT2D eigenvalue weighted by atomic mass is 31.2. The van der Waals surface area contributed by atoms with Crippen molar-refractivity contribution in [2.45, 2.75) is 193 Å². The fourth-order valence-corrected chi connectivity index (χ4v) is 6.79. The zero-order valence-electron chi connectivity index (χ0n) is 38.2. The van der Waals surface area contributed by atoms with E-state index in [-0.39, 0.29) is 13.0 Å². The number of carbonyl (C=O) groups excluding carboxylic acids is 1. The molecular formula is C50H86NO9P. The first kappa shape index (κ1) is 58.1. The maximum atomic E-state index is 12.7. The van der Waals surface area contributed by atoms with Gasteiger partial charge < -0.3 is 25.2 Å². The van der Waals surface area contributed by atoms with E-state index in [0.29, 0.717) is 13.0 Å². The van der Waals surface area contributed by atoms with Gasteiger partial charge in [0.25, 0.3) is 0 Å². The molecular weight excluding hydrogens is 790 g/mol. The second kappa shape index (κ2) is 45.2. The summed E-state index contributed by atoms with van der Waals surface area (Å²) >= 11 is 0. The molecule has 0 heterocycles. The molecule has 0 aromatic heterocycles. The minimum Gasteiger partial charge on any atom is -0.480 e. The topological polar surface area (TPSA) is 155 Å². The van der Waals surface area contributed by atoms with Gasteiger partial charge in [-0.1, -0.05) is 170 Å². The second-order valence-corrected chi connectivity index (χ2v) is 17.0. The zero-order chi connectivity index (χ0) is 44.8. The molecule has 0 spiro atoms. The number of unbranched alkanes of at least 4 members (excludes halogenated alkanes) is 16. The first-order valence-corrected chi connectivity index (χ1v) is 25.1. The highest BCUT2D eigenvalue weighted by Crippen LogP contribution is 2.43. The number of allylic oxidation sites excluding steroid dienone is 14. The Bertz CT molecular complexity index is 1290. The maximum absolute atomic E-state index is 12.7. The predicted octanol–water partition coefficient (Wildman–Crippen LogP) is 13.5. The Morgan fingerprint density at radius 2 is 0.951 bits per heavy atom. The summed E-state index contributed by atoms with van der Waals surface area (Å²) in [7, 11) is -4.64. The molecule has 61 heavy (non-hydrogen) atoms. The average molecular weight is 876 g/mol. The monoisotopic (exact) mass is 876 g/mol. The van der Waals surface area contributed by atoms with Crippen molar-refractivity contribution in [2.75, 3.05) is 26.4 Å². The van der Waals surface area contributed by atoms with Crippen LogP contribution < -0.4 is 5.73 Å². The molecule has 10 nitrogen and oxygen atoms in total. The van der Waals surface area contributed by atoms with Crippen molar-refractivity contribution in [3.63, 3.8) is 0 Å². The van der Waals surface area contributed by atoms with Crippen LogP contribution in [0.5, 0.6) is 0 Å². The normalized spacial score (nSPS) is 14.6. The van der Waals surface area contributed by atoms with Crippen molar-refractivity contribution in [1.29, 1.82) is 0 Å². The van der Waals surface area contributed by atoms with Gasteiger partial charge in [0.15, 0.2) is 0 Å². The summed E-state index contributed by atoms with van der Waals surface area (Å²) in [6, 6.07) is -1.48. The summed E-state index contributed by atoms with van der Waals surface area (Å²) in [6.07, 6.45) is 57.8. The van der Waals surface area contributed by atoms with Crippen LogP contribution in [0.15, 0.2) is 85.1 Å². The number of ether oxygens (including phenoxy) is 2. The van der Waals surface area contributed by atoms with E-state index < -0.39 is 45.1 Å². The van der Waals surface area contributed by atoms with Gasteiger partial charge in [-0.25, -0.2) is 4.57 Å². The fraction of sp³-hybridized carbons (Fsp3) is 0.680. The molecule has 0 saturated carbocycles. The lowest BCUT2D eigenvalue weighted by atomic mass is 10.1. The molecule has 11 heteroatoms. The molecule has 0 saturated heterocycles. The van der Waals surface area contributed by atoms with Crippen LogP contribution in [-0.4, -0.2) is 60.5 Å². The highest BCUT2D eigenvalue weighted by molar-refractivity contribution is 7.47. The van der Waals surface area contributed by atoms with Gasteiger partial charge >= 0.3 is 19.8 Å². The minimum absolute atomic E-state index is 0.00510. The number of hydrogen-bond acceptors (Lipinski definition) is 8. The largest absolute Gasteiger partial charge is 0.480 e. The Hall–Kier alpha value is -2.85. The second-order valence-electron chi connectivity index (χ2n) is 15.5. The number of carbonyl (C=O) groups is 2. The fourth-order valence-electron chi connectivity index (χ4n) is 6.01. The number of nitrogens with two attached hydrogens (primary N) is 1. The van der Waals surface area contributed by atoms with Crippen molar-refractivity contribution >= 4 is 19.8 Å². The smallest absolute Gasteiger partial charge is 0.472 e. The van der Waals surface area contributed by atoms with E-state index in [1.807, 2.05) is 0 Å². The lowest BCUT2D eigenvalue weighted by molar-refractivity contribution is -0.154. The van der Waals surface area contributed by atoms with E-state index >= 15 is 0 Å². The summed E-state index contributed by atoms with van der Waals surface area (Å²) < 4.78 is 33.4. The van der Waals surface area contributed by atoms with Gasteiger partial charge in [-0.05, 0) is 89.9 Å². The van der Waals surface area contributed by atoms with Gasteiger partial charge in [0.2, 0.25) is 0 Å². The van der Waals surface area contributed by atoms with Crippen molar-refractivity contribution in [3.05, 3.63) is 85.1 Å². The van der Waals surface area contributed by atoms with Crippen molar-refractivity contribution in [1.82, 2.24) is 0 Å². The van der Waals surface area contributed by atoms with Crippen LogP contribution in [0.25, 0.3) is 0 Å². The van der Waals surface area contributed by atoms with Gasteiger partial charge in [-0.15, -0.1) is 0 Å². The number of carboxylic acids is 1. The van der Waals surface area contributed by atoms with E-state index in [9.17, 15) is 19.0 Å². The third kappa shape index (κ3) is 45.0. The quantitative estimate of drug-likeness (QED) is 0.0233. The van der Waals surface area contributed by atoms with Gasteiger partial charge in [-0.2, -0.15) is 0 Å². The number of esters is 1. The van der Waals surface area contributed by atoms with Crippen LogP contribution in [0.2, 0.25) is 0 Å². The van der Waals surface area contributed by atoms with E-state index in [1.54, 1.807) is 0 Å². The highest BCUT2D eigenvalue weighted by Gasteiger charge is 2.27. The van der Waals surface area contributed by atoms with Crippen molar-refractivity contribution in [2.24, 2.45) is 5.73 Å². The summed E-state index contributed by atoms with van der Waals surface area (Å²) in [6.45, 7) is 3.69. The molecule has 3 unspecified atom stereocenters. The van der Waals surface area contributed by atoms with Gasteiger partial charge in [0.05, 0.1) is 19.8 Å². The molecule has 4 N–H and O–H groups in total. The van der Waals surface area contributed by atoms with Gasteiger partial charge in [0.1, 0.15) is 12.1 Å². The van der Waals surface area contributed by atoms with E-state index in [2.05, 4.69) is 98.9 Å². The molecule has 3 atom stereocenters. The Kier molecular flexibility index (Phi) is 43.1. The molecule has 0 aliphatic rings. The number of phosphoric ester groups is 1. The van der Waals surface area contributed by atoms with Crippen LogP contribution in [0.3, 0.4) is 0 Å². The first-order chi connectivity index (χ1) is 29.7. The maximum Gasteiger partial charge on any atom is 0.472 e. The van der Waals surface area contributed by atoms with Crippen LogP contribution in [0, 0.1) is 0 Å². The molecule has 0 amide bonds. The molecule has 0 aromatic carbocycles. The third-order valence-corrected chi connectivity index (χ3v) is 10.6. The Balaban J connectivity index is 4.27. The van der Waals surface area contributed by atoms with Crippen LogP contribution in [-0.2, 0) is 32.7 Å². The van der Waals surface area contributed by atoms with Crippen LogP contribution in [0.4, 0.5) is 0 Å². The SMILES string of the molecule is CC/C=C\C/C=C\C/C=C\C/C=C\CCCCCCC(=O)OC(COCCCCCCCCC/C=C\C/C=C\C/C=C\CCCCCCC)COP(=O)(O)OCC(N)C(=O)O. The molecule has 0 rings (SSSR count). The number of hydrogen-bond donors (Lipinski definition) is 3. The number of rotatable bonds is 44. The Morgan fingerprint density at radius 3 is 1.43 bits per heavy atom. The lowest BCUT2D eigenvalue weighted by Crippen LogP contribution is -2.34. The van der Waals surface area contributed by atoms with Crippen LogP contribution >= 0.6 is 7.82 Å². The van der Waals surface area contributed by atoms with E-state index in [0.717, 1.165) is 89.9 Å². The summed E-state index contributed by atoms with van der Waals surface area (Å²) in [5.74, 6) is -1.81. The third-order valence-electron chi connectivity index (χ3n) is 9.66. The Morgan fingerprint density at radius 1 is 0.541 bits per heavy atom. The summed E-state index contributed by atoms with van der Waals surface area (Å²) in [5, 5.41) is 8.91. The molecule has 0 aliphatic carbocycles. The molecule has 0 fully saturated rings. The summed E-state index contributed by atoms with van der Waals surface area (Å²) in [5.41, 5.74) is 5.36. The first-order valence-electron chi connectivity index (χ1n) is 23.6. The number of aliphatic carboxylic acids is 1. The van der Waals surface area contributed by atoms with Gasteiger partial charge in [0, 0.05) is 13.0 Å². The molecule has 0 bridgehead atoms. The molecule has 350 valence electrons. The van der Waals surface area contributed by atoms with E-state index in [4.69, 9.17) is 29.4 Å². The number of phosphoric acid groups is 1. The van der Waals surface area contributed by atoms with Gasteiger partial charge in [-0.3, -0.25) is 18.6 Å². The predicted molar refractivity (Wildman–Crippen MR) is 253 cm³/mol. The van der Waals surface area contributed by atoms with Crippen molar-refractivity contribution in [3.8, 4) is 0 Å². The average Bonchev–Trinajstić information content (AvgIpc) is 3.24. The standard InChI is InChI=1S/C50H86NO9P/c1-3-5-7-9-11-13-15-17-19-21-22-23-24-25-27-29-31-33-35-37-39-41-43-57-44-47(45-58-61(55,56)59-46-48(51)50(53)54)60-49(52)42-40-38-36-34-32-30-28-26-20-18-16-14-12-10-8-6-4-2/h6,8,12,14-15,17-18,20-22,24-25,28,30,47-48H,3-5,7,9-11,13,16,19,23,26-27,29,31-46,51H2,1-2H3,(H,53,54)(H,55,56)/b8-6-,14-12-,17-15-,20-18-,22-21-,25-24-,30-28-.